The van der Waals surface area contributed by atoms with Gasteiger partial charge in [0.1, 0.15) is 5.82 Å². The first-order valence-corrected chi connectivity index (χ1v) is 7.55. The Hall–Kier alpha value is -3.82. The lowest BCUT2D eigenvalue weighted by atomic mass is 10.1. The van der Waals surface area contributed by atoms with Crippen molar-refractivity contribution < 1.29 is 28.4 Å². The number of ether oxygens (including phenoxy) is 1. The molecule has 0 atom stereocenters. The molecule has 2 aromatic rings. The van der Waals surface area contributed by atoms with Crippen molar-refractivity contribution in [2.24, 2.45) is 0 Å². The zero-order chi connectivity index (χ0) is 20.0. The highest BCUT2D eigenvalue weighted by Crippen LogP contribution is 2.19. The third-order valence-corrected chi connectivity index (χ3v) is 3.35. The zero-order valence-electron chi connectivity index (χ0n) is 14.0. The van der Waals surface area contributed by atoms with Crippen LogP contribution in [-0.2, 0) is 9.53 Å². The number of hydrogen-bond acceptors (Lipinski definition) is 6. The van der Waals surface area contributed by atoms with Crippen LogP contribution in [0, 0.1) is 22.9 Å². The summed E-state index contributed by atoms with van der Waals surface area (Å²) in [7, 11) is 0. The summed E-state index contributed by atoms with van der Waals surface area (Å²) in [5.74, 6) is -2.62. The highest BCUT2D eigenvalue weighted by molar-refractivity contribution is 6.02. The molecule has 0 fully saturated rings. The summed E-state index contributed by atoms with van der Waals surface area (Å²) in [5.41, 5.74) is -0.153. The number of hydrogen-bond donors (Lipinski definition) is 2. The van der Waals surface area contributed by atoms with Gasteiger partial charge in [0.05, 0.1) is 16.2 Å². The maximum atomic E-state index is 13.4. The van der Waals surface area contributed by atoms with Crippen molar-refractivity contribution in [3.8, 4) is 0 Å². The first-order chi connectivity index (χ1) is 12.8. The van der Waals surface area contributed by atoms with Gasteiger partial charge in [-0.15, -0.1) is 0 Å². The van der Waals surface area contributed by atoms with Crippen molar-refractivity contribution in [2.45, 2.75) is 6.92 Å². The number of nitro benzene ring substituents is 1. The van der Waals surface area contributed by atoms with E-state index in [0.29, 0.717) is 5.56 Å². The largest absolute Gasteiger partial charge is 0.452 e. The van der Waals surface area contributed by atoms with Gasteiger partial charge in [0.15, 0.2) is 6.61 Å². The number of rotatable bonds is 5. The summed E-state index contributed by atoms with van der Waals surface area (Å²) < 4.78 is 18.1. The minimum Gasteiger partial charge on any atom is -0.452 e. The summed E-state index contributed by atoms with van der Waals surface area (Å²) in [5, 5.41) is 14.9. The number of carbonyl (C=O) groups is 3. The molecule has 2 rings (SSSR count). The van der Waals surface area contributed by atoms with Crippen LogP contribution in [0.25, 0.3) is 0 Å². The van der Waals surface area contributed by atoms with Gasteiger partial charge in [-0.3, -0.25) is 20.2 Å². The molecule has 0 heterocycles. The Morgan fingerprint density at radius 2 is 1.89 bits per heavy atom. The van der Waals surface area contributed by atoms with Crippen LogP contribution in [0.2, 0.25) is 0 Å². The molecule has 0 radical (unpaired) electrons. The normalized spacial score (nSPS) is 10.0. The number of benzene rings is 2. The first-order valence-electron chi connectivity index (χ1n) is 7.55. The van der Waals surface area contributed by atoms with E-state index in [1.807, 2.05) is 5.32 Å². The number of carbonyl (C=O) groups excluding carboxylic acids is 3. The molecule has 0 aliphatic carbocycles. The Morgan fingerprint density at radius 1 is 1.19 bits per heavy atom. The Morgan fingerprint density at radius 3 is 2.56 bits per heavy atom. The highest BCUT2D eigenvalue weighted by atomic mass is 19.1. The predicted molar refractivity (Wildman–Crippen MR) is 91.7 cm³/mol. The van der Waals surface area contributed by atoms with E-state index < -0.39 is 35.3 Å². The molecule has 27 heavy (non-hydrogen) atoms. The number of nitrogens with zero attached hydrogens (tertiary/aromatic N) is 1. The summed E-state index contributed by atoms with van der Waals surface area (Å²) >= 11 is 0. The van der Waals surface area contributed by atoms with Gasteiger partial charge in [-0.1, -0.05) is 18.2 Å². The minimum atomic E-state index is -1.01. The van der Waals surface area contributed by atoms with Crippen LogP contribution in [0.15, 0.2) is 42.5 Å². The smallest absolute Gasteiger partial charge is 0.338 e. The fourth-order valence-electron chi connectivity index (χ4n) is 2.03. The van der Waals surface area contributed by atoms with Gasteiger partial charge < -0.3 is 10.1 Å². The molecule has 10 heteroatoms. The second-order valence-electron chi connectivity index (χ2n) is 5.32. The summed E-state index contributed by atoms with van der Waals surface area (Å²) in [4.78, 5) is 45.4. The number of nitrogens with one attached hydrogen (secondary N) is 2. The number of nitro groups is 1. The van der Waals surface area contributed by atoms with Crippen molar-refractivity contribution in [1.82, 2.24) is 5.32 Å². The maximum absolute atomic E-state index is 13.4. The fraction of sp³-hybridized carbons (Fsp3) is 0.118. The second-order valence-corrected chi connectivity index (χ2v) is 5.32. The van der Waals surface area contributed by atoms with Gasteiger partial charge in [-0.25, -0.2) is 14.0 Å². The van der Waals surface area contributed by atoms with E-state index in [2.05, 4.69) is 5.32 Å². The Bertz CT molecular complexity index is 915. The van der Waals surface area contributed by atoms with Crippen LogP contribution in [0.1, 0.15) is 15.9 Å². The van der Waals surface area contributed by atoms with Gasteiger partial charge in [-0.2, -0.15) is 0 Å². The van der Waals surface area contributed by atoms with E-state index in [4.69, 9.17) is 4.74 Å². The van der Waals surface area contributed by atoms with E-state index in [-0.39, 0.29) is 16.9 Å². The summed E-state index contributed by atoms with van der Waals surface area (Å²) in [6.45, 7) is 0.708. The molecule has 0 aliphatic rings. The molecule has 0 bridgehead atoms. The first kappa shape index (κ1) is 19.5. The molecule has 0 saturated carbocycles. The molecule has 2 aromatic carbocycles. The maximum Gasteiger partial charge on any atom is 0.338 e. The van der Waals surface area contributed by atoms with Crippen molar-refractivity contribution >= 4 is 29.3 Å². The number of esters is 1. The SMILES string of the molecule is Cc1ccc(C(=O)OCC(=O)NC(=O)Nc2ccccc2F)cc1[N+](=O)[O-]. The Balaban J connectivity index is 1.89. The predicted octanol–water partition coefficient (Wildman–Crippen LogP) is 2.55. The fourth-order valence-corrected chi connectivity index (χ4v) is 2.03. The highest BCUT2D eigenvalue weighted by Gasteiger charge is 2.17. The summed E-state index contributed by atoms with van der Waals surface area (Å²) in [6.07, 6.45) is 0. The lowest BCUT2D eigenvalue weighted by Crippen LogP contribution is -2.37. The van der Waals surface area contributed by atoms with Gasteiger partial charge in [-0.05, 0) is 25.1 Å². The monoisotopic (exact) mass is 375 g/mol. The van der Waals surface area contributed by atoms with E-state index in [9.17, 15) is 28.9 Å². The molecule has 0 aliphatic heterocycles. The van der Waals surface area contributed by atoms with E-state index in [1.165, 1.54) is 37.3 Å². The molecule has 3 amide bonds. The average Bonchev–Trinajstić information content (AvgIpc) is 2.61. The van der Waals surface area contributed by atoms with Gasteiger partial charge in [0.2, 0.25) is 0 Å². The lowest BCUT2D eigenvalue weighted by molar-refractivity contribution is -0.385. The van der Waals surface area contributed by atoms with Crippen LogP contribution in [0.3, 0.4) is 0 Å². The molecule has 0 saturated heterocycles. The quantitative estimate of drug-likeness (QED) is 0.470. The number of imide groups is 1. The number of halogens is 1. The van der Waals surface area contributed by atoms with E-state index in [1.54, 1.807) is 0 Å². The van der Waals surface area contributed by atoms with E-state index in [0.717, 1.165) is 12.1 Å². The Labute approximate surface area is 152 Å². The minimum absolute atomic E-state index is 0.115. The van der Waals surface area contributed by atoms with Gasteiger partial charge in [0.25, 0.3) is 11.6 Å². The molecule has 0 spiro atoms. The number of urea groups is 1. The number of amides is 3. The third-order valence-electron chi connectivity index (χ3n) is 3.35. The molecular weight excluding hydrogens is 361 g/mol. The topological polar surface area (TPSA) is 128 Å². The number of anilines is 1. The lowest BCUT2D eigenvalue weighted by Gasteiger charge is -2.08. The molecule has 2 N–H and O–H groups in total. The van der Waals surface area contributed by atoms with Crippen molar-refractivity contribution in [3.63, 3.8) is 0 Å². The van der Waals surface area contributed by atoms with Crippen LogP contribution >= 0.6 is 0 Å². The second kappa shape index (κ2) is 8.52. The van der Waals surface area contributed by atoms with Gasteiger partial charge in [0, 0.05) is 11.6 Å². The van der Waals surface area contributed by atoms with Crippen molar-refractivity contribution in [3.05, 3.63) is 69.5 Å². The van der Waals surface area contributed by atoms with Crippen molar-refractivity contribution in [1.29, 1.82) is 0 Å². The van der Waals surface area contributed by atoms with Crippen LogP contribution < -0.4 is 10.6 Å². The van der Waals surface area contributed by atoms with Crippen molar-refractivity contribution in [2.75, 3.05) is 11.9 Å². The molecule has 140 valence electrons. The molecule has 0 unspecified atom stereocenters. The Kier molecular flexibility index (Phi) is 6.15. The number of aryl methyl sites for hydroxylation is 1. The van der Waals surface area contributed by atoms with Crippen LogP contribution in [0.4, 0.5) is 20.6 Å². The van der Waals surface area contributed by atoms with Crippen LogP contribution in [-0.4, -0.2) is 29.4 Å². The number of para-hydroxylation sites is 1. The van der Waals surface area contributed by atoms with Gasteiger partial charge >= 0.3 is 12.0 Å². The average molecular weight is 375 g/mol. The van der Waals surface area contributed by atoms with E-state index >= 15 is 0 Å². The zero-order valence-corrected chi connectivity index (χ0v) is 14.0. The standard InChI is InChI=1S/C17H14FN3O6/c1-10-6-7-11(8-14(10)21(25)26)16(23)27-9-15(22)20-17(24)19-13-5-3-2-4-12(13)18/h2-8H,9H2,1H3,(H2,19,20,22,24). The third kappa shape index (κ3) is 5.33. The molecule has 0 aromatic heterocycles. The molecular formula is C17H14FN3O6. The summed E-state index contributed by atoms with van der Waals surface area (Å²) in [6, 6.07) is 8.04. The van der Waals surface area contributed by atoms with Crippen LogP contribution in [0.5, 0.6) is 0 Å². The molecule has 9 nitrogen and oxygen atoms in total.